The van der Waals surface area contributed by atoms with Crippen molar-refractivity contribution in [3.05, 3.63) is 45.7 Å². The van der Waals surface area contributed by atoms with Crippen molar-refractivity contribution in [3.63, 3.8) is 0 Å². The van der Waals surface area contributed by atoms with Crippen LogP contribution in [-0.2, 0) is 10.1 Å². The van der Waals surface area contributed by atoms with E-state index in [4.69, 9.17) is 21.9 Å². The van der Waals surface area contributed by atoms with Crippen LogP contribution in [0.5, 0.6) is 0 Å². The Morgan fingerprint density at radius 1 is 1.26 bits per heavy atom. The summed E-state index contributed by atoms with van der Waals surface area (Å²) < 4.78 is 32.0. The number of hydrogen-bond donors (Lipinski definition) is 2. The summed E-state index contributed by atoms with van der Waals surface area (Å²) in [4.78, 5) is 11.9. The fraction of sp³-hybridized carbons (Fsp3) is 0. The maximum absolute atomic E-state index is 11.9. The summed E-state index contributed by atoms with van der Waals surface area (Å²) in [6, 6.07) is 8.00. The molecule has 0 amide bonds. The first-order valence-electron chi connectivity index (χ1n) is 4.93. The predicted octanol–water partition coefficient (Wildman–Crippen LogP) is 0.715. The van der Waals surface area contributed by atoms with Gasteiger partial charge in [0.2, 0.25) is 5.03 Å². The molecule has 19 heavy (non-hydrogen) atoms. The zero-order chi connectivity index (χ0) is 14.2. The van der Waals surface area contributed by atoms with Crippen molar-refractivity contribution in [2.24, 2.45) is 0 Å². The van der Waals surface area contributed by atoms with Crippen molar-refractivity contribution in [2.45, 2.75) is 5.03 Å². The minimum absolute atomic E-state index is 0.291. The minimum Gasteiger partial charge on any atom is -0.395 e. The number of rotatable bonds is 2. The highest BCUT2D eigenvalue weighted by Gasteiger charge is 2.23. The second-order valence-corrected chi connectivity index (χ2v) is 5.28. The van der Waals surface area contributed by atoms with Crippen molar-refractivity contribution in [1.82, 2.24) is 9.78 Å². The molecule has 0 aliphatic carbocycles. The third-order valence-corrected chi connectivity index (χ3v) is 3.44. The summed E-state index contributed by atoms with van der Waals surface area (Å²) in [5, 5.41) is 2.15. The first kappa shape index (κ1) is 13.5. The Balaban J connectivity index is 2.85. The van der Waals surface area contributed by atoms with Gasteiger partial charge in [0.15, 0.2) is 0 Å². The molecule has 1 aromatic heterocycles. The van der Waals surface area contributed by atoms with Gasteiger partial charge in [-0.25, -0.2) is 0 Å². The van der Waals surface area contributed by atoms with Gasteiger partial charge in [-0.15, -0.1) is 5.10 Å². The van der Waals surface area contributed by atoms with Crippen LogP contribution in [0.3, 0.4) is 0 Å². The Morgan fingerprint density at radius 2 is 1.84 bits per heavy atom. The second kappa shape index (κ2) is 4.65. The topological polar surface area (TPSA) is 115 Å². The van der Waals surface area contributed by atoms with Crippen molar-refractivity contribution < 1.29 is 13.0 Å². The summed E-state index contributed by atoms with van der Waals surface area (Å²) in [5.74, 6) is 0. The summed E-state index contributed by atoms with van der Waals surface area (Å²) >= 11 is 5.67. The van der Waals surface area contributed by atoms with Gasteiger partial charge in [-0.3, -0.25) is 9.35 Å². The summed E-state index contributed by atoms with van der Waals surface area (Å²) in [5.41, 5.74) is 4.30. The number of benzene rings is 1. The maximum atomic E-state index is 11.9. The highest BCUT2D eigenvalue weighted by atomic mass is 35.5. The first-order chi connectivity index (χ1) is 8.82. The van der Waals surface area contributed by atoms with Crippen molar-refractivity contribution in [2.75, 3.05) is 5.73 Å². The fourth-order valence-corrected chi connectivity index (χ4v) is 2.22. The van der Waals surface area contributed by atoms with Crippen LogP contribution < -0.4 is 11.3 Å². The van der Waals surface area contributed by atoms with E-state index in [1.54, 1.807) is 18.2 Å². The van der Waals surface area contributed by atoms with E-state index in [2.05, 4.69) is 5.10 Å². The van der Waals surface area contributed by atoms with Crippen LogP contribution in [0.4, 0.5) is 5.69 Å². The molecule has 0 spiro atoms. The molecule has 3 N–H and O–H groups in total. The standard InChI is InChI=1S/C10H8ClN3O4S/c11-7-8(12)9(19(16,17)18)13-14(10(7)15)6-4-2-1-3-5-6/h1-5H,12H2,(H,16,17,18). The molecule has 9 heteroatoms. The number of anilines is 1. The third kappa shape index (κ3) is 2.46. The fourth-order valence-electron chi connectivity index (χ4n) is 1.43. The van der Waals surface area contributed by atoms with Crippen LogP contribution >= 0.6 is 11.6 Å². The quantitative estimate of drug-likeness (QED) is 0.789. The molecule has 2 aromatic rings. The van der Waals surface area contributed by atoms with Gasteiger partial charge in [0, 0.05) is 0 Å². The lowest BCUT2D eigenvalue weighted by Gasteiger charge is -2.09. The van der Waals surface area contributed by atoms with Crippen molar-refractivity contribution >= 4 is 27.4 Å². The van der Waals surface area contributed by atoms with Gasteiger partial charge < -0.3 is 5.73 Å². The van der Waals surface area contributed by atoms with Crippen molar-refractivity contribution in [3.8, 4) is 5.69 Å². The monoisotopic (exact) mass is 301 g/mol. The second-order valence-electron chi connectivity index (χ2n) is 3.56. The molecule has 0 atom stereocenters. The van der Waals surface area contributed by atoms with Gasteiger partial charge in [0.25, 0.3) is 5.56 Å². The van der Waals surface area contributed by atoms with E-state index in [9.17, 15) is 13.2 Å². The van der Waals surface area contributed by atoms with E-state index in [-0.39, 0.29) is 0 Å². The molecule has 2 rings (SSSR count). The zero-order valence-electron chi connectivity index (χ0n) is 9.32. The summed E-state index contributed by atoms with van der Waals surface area (Å²) in [6.45, 7) is 0. The lowest BCUT2D eigenvalue weighted by atomic mass is 10.3. The lowest BCUT2D eigenvalue weighted by Crippen LogP contribution is -2.26. The Bertz CT molecular complexity index is 786. The third-order valence-electron chi connectivity index (χ3n) is 2.28. The molecule has 0 saturated carbocycles. The number of hydrogen-bond acceptors (Lipinski definition) is 5. The molecule has 0 unspecified atom stereocenters. The van der Waals surface area contributed by atoms with Gasteiger partial charge in [-0.2, -0.15) is 13.1 Å². The molecule has 1 heterocycles. The number of halogens is 1. The van der Waals surface area contributed by atoms with Crippen LogP contribution in [0, 0.1) is 0 Å². The number of nitrogen functional groups attached to an aromatic ring is 1. The lowest BCUT2D eigenvalue weighted by molar-refractivity contribution is 0.476. The van der Waals surface area contributed by atoms with Gasteiger partial charge in [-0.05, 0) is 12.1 Å². The number of aromatic nitrogens is 2. The molecule has 0 fully saturated rings. The molecule has 1 aromatic carbocycles. The average molecular weight is 302 g/mol. The Labute approximate surface area is 113 Å². The van der Waals surface area contributed by atoms with E-state index in [1.165, 1.54) is 12.1 Å². The van der Waals surface area contributed by atoms with E-state index >= 15 is 0 Å². The van der Waals surface area contributed by atoms with Crippen LogP contribution in [0.25, 0.3) is 5.69 Å². The smallest absolute Gasteiger partial charge is 0.316 e. The van der Waals surface area contributed by atoms with Gasteiger partial charge in [0.1, 0.15) is 5.02 Å². The molecule has 0 bridgehead atoms. The number of nitrogens with zero attached hydrogens (tertiary/aromatic N) is 2. The summed E-state index contributed by atoms with van der Waals surface area (Å²) in [7, 11) is -4.68. The van der Waals surface area contributed by atoms with Crippen LogP contribution in [-0.4, -0.2) is 22.8 Å². The Hall–Kier alpha value is -1.90. The number of nitrogens with two attached hydrogens (primary N) is 1. The van der Waals surface area contributed by atoms with Crippen LogP contribution in [0.2, 0.25) is 5.02 Å². The van der Waals surface area contributed by atoms with Crippen LogP contribution in [0.15, 0.2) is 40.2 Å². The summed E-state index contributed by atoms with van der Waals surface area (Å²) in [6.07, 6.45) is 0. The first-order valence-corrected chi connectivity index (χ1v) is 6.75. The van der Waals surface area contributed by atoms with Crippen molar-refractivity contribution in [1.29, 1.82) is 0 Å². The molecule has 7 nitrogen and oxygen atoms in total. The molecule has 0 saturated heterocycles. The van der Waals surface area contributed by atoms with Gasteiger partial charge >= 0.3 is 10.1 Å². The maximum Gasteiger partial charge on any atom is 0.316 e. The highest BCUT2D eigenvalue weighted by molar-refractivity contribution is 7.85. The number of para-hydroxylation sites is 1. The largest absolute Gasteiger partial charge is 0.395 e. The Kier molecular flexibility index (Phi) is 3.31. The molecule has 0 aliphatic heterocycles. The average Bonchev–Trinajstić information content (AvgIpc) is 2.36. The molecular formula is C10H8ClN3O4S. The normalized spacial score (nSPS) is 11.5. The highest BCUT2D eigenvalue weighted by Crippen LogP contribution is 2.21. The van der Waals surface area contributed by atoms with E-state index in [0.717, 1.165) is 4.68 Å². The molecule has 100 valence electrons. The SMILES string of the molecule is Nc1c(S(=O)(=O)O)nn(-c2ccccc2)c(=O)c1Cl. The minimum atomic E-state index is -4.68. The van der Waals surface area contributed by atoms with Crippen LogP contribution in [0.1, 0.15) is 0 Å². The zero-order valence-corrected chi connectivity index (χ0v) is 10.9. The molecule has 0 aliphatic rings. The van der Waals surface area contributed by atoms with E-state index in [1.807, 2.05) is 0 Å². The molecule has 0 radical (unpaired) electrons. The van der Waals surface area contributed by atoms with Gasteiger partial charge in [0.05, 0.1) is 11.4 Å². The van der Waals surface area contributed by atoms with Gasteiger partial charge in [-0.1, -0.05) is 29.8 Å². The Morgan fingerprint density at radius 3 is 2.37 bits per heavy atom. The van der Waals surface area contributed by atoms with E-state index in [0.29, 0.717) is 5.69 Å². The predicted molar refractivity (Wildman–Crippen MR) is 69.1 cm³/mol. The van der Waals surface area contributed by atoms with E-state index < -0.39 is 31.4 Å². The molecular weight excluding hydrogens is 294 g/mol.